The fourth-order valence-electron chi connectivity index (χ4n) is 1.90. The molecular weight excluding hydrogens is 370 g/mol. The van der Waals surface area contributed by atoms with Crippen LogP contribution in [0.2, 0.25) is 5.02 Å². The number of carbonyl (C=O) groups excluding carboxylic acids is 2. The molecule has 0 saturated heterocycles. The third kappa shape index (κ3) is 4.81. The SMILES string of the molecule is Cc1occc1C(=O)NNC(=O)C(C)NS(=O)(=O)c1cccc(Cl)c1. The number of hydrogen-bond acceptors (Lipinski definition) is 5. The minimum absolute atomic E-state index is 0.0716. The van der Waals surface area contributed by atoms with Crippen molar-refractivity contribution in [3.63, 3.8) is 0 Å². The molecule has 0 spiro atoms. The van der Waals surface area contributed by atoms with Gasteiger partial charge < -0.3 is 4.42 Å². The van der Waals surface area contributed by atoms with Crippen LogP contribution in [-0.4, -0.2) is 26.3 Å². The molecule has 3 N–H and O–H groups in total. The first-order valence-corrected chi connectivity index (χ1v) is 8.99. The summed E-state index contributed by atoms with van der Waals surface area (Å²) in [6, 6.07) is 5.94. The molecule has 0 aliphatic carbocycles. The number of furan rings is 1. The maximum absolute atomic E-state index is 12.2. The van der Waals surface area contributed by atoms with Crippen molar-refractivity contribution in [2.75, 3.05) is 0 Å². The number of sulfonamides is 1. The normalized spacial score (nSPS) is 12.4. The molecule has 2 rings (SSSR count). The summed E-state index contributed by atoms with van der Waals surface area (Å²) in [4.78, 5) is 23.8. The zero-order chi connectivity index (χ0) is 18.6. The second-order valence-electron chi connectivity index (χ2n) is 5.13. The lowest BCUT2D eigenvalue weighted by molar-refractivity contribution is -0.123. The van der Waals surface area contributed by atoms with E-state index < -0.39 is 27.9 Å². The van der Waals surface area contributed by atoms with E-state index in [-0.39, 0.29) is 15.5 Å². The summed E-state index contributed by atoms with van der Waals surface area (Å²) in [5.41, 5.74) is 4.59. The first-order valence-electron chi connectivity index (χ1n) is 7.13. The molecule has 1 heterocycles. The predicted molar refractivity (Wildman–Crippen MR) is 90.3 cm³/mol. The van der Waals surface area contributed by atoms with Gasteiger partial charge in [0.1, 0.15) is 5.76 Å². The minimum atomic E-state index is -3.94. The number of benzene rings is 1. The summed E-state index contributed by atoms with van der Waals surface area (Å²) in [6.07, 6.45) is 1.34. The molecule has 2 aromatic rings. The molecule has 134 valence electrons. The molecule has 1 unspecified atom stereocenters. The van der Waals surface area contributed by atoms with E-state index in [4.69, 9.17) is 16.0 Å². The smallest absolute Gasteiger partial charge is 0.273 e. The van der Waals surface area contributed by atoms with E-state index in [1.807, 2.05) is 0 Å². The molecule has 1 aromatic carbocycles. The van der Waals surface area contributed by atoms with Gasteiger partial charge in [-0.2, -0.15) is 4.72 Å². The van der Waals surface area contributed by atoms with Crippen molar-refractivity contribution in [3.8, 4) is 0 Å². The van der Waals surface area contributed by atoms with Crippen LogP contribution in [0.1, 0.15) is 23.0 Å². The highest BCUT2D eigenvalue weighted by Gasteiger charge is 2.23. The Morgan fingerprint density at radius 1 is 1.20 bits per heavy atom. The molecule has 0 aliphatic rings. The van der Waals surface area contributed by atoms with Gasteiger partial charge >= 0.3 is 0 Å². The van der Waals surface area contributed by atoms with Crippen molar-refractivity contribution in [1.29, 1.82) is 0 Å². The molecule has 0 radical (unpaired) electrons. The number of halogens is 1. The lowest BCUT2D eigenvalue weighted by atomic mass is 10.2. The van der Waals surface area contributed by atoms with Crippen molar-refractivity contribution in [2.45, 2.75) is 24.8 Å². The number of amides is 2. The first kappa shape index (κ1) is 19.0. The van der Waals surface area contributed by atoms with Crippen molar-refractivity contribution in [3.05, 3.63) is 52.9 Å². The summed E-state index contributed by atoms with van der Waals surface area (Å²) < 4.78 is 31.6. The lowest BCUT2D eigenvalue weighted by Crippen LogP contribution is -2.51. The van der Waals surface area contributed by atoms with Crippen LogP contribution < -0.4 is 15.6 Å². The Hall–Kier alpha value is -2.36. The molecule has 0 bridgehead atoms. The fourth-order valence-corrected chi connectivity index (χ4v) is 3.41. The second-order valence-corrected chi connectivity index (χ2v) is 7.28. The monoisotopic (exact) mass is 385 g/mol. The van der Waals surface area contributed by atoms with Gasteiger partial charge in [-0.1, -0.05) is 17.7 Å². The van der Waals surface area contributed by atoms with E-state index in [1.54, 1.807) is 6.92 Å². The van der Waals surface area contributed by atoms with E-state index in [0.29, 0.717) is 5.76 Å². The molecule has 1 aromatic heterocycles. The van der Waals surface area contributed by atoms with Crippen LogP contribution in [-0.2, 0) is 14.8 Å². The molecule has 0 saturated carbocycles. The highest BCUT2D eigenvalue weighted by molar-refractivity contribution is 7.89. The zero-order valence-electron chi connectivity index (χ0n) is 13.4. The summed E-state index contributed by atoms with van der Waals surface area (Å²) in [5.74, 6) is -0.925. The Morgan fingerprint density at radius 3 is 2.52 bits per heavy atom. The third-order valence-corrected chi connectivity index (χ3v) is 5.01. The highest BCUT2D eigenvalue weighted by Crippen LogP contribution is 2.15. The minimum Gasteiger partial charge on any atom is -0.469 e. The highest BCUT2D eigenvalue weighted by atomic mass is 35.5. The van der Waals surface area contributed by atoms with Gasteiger partial charge in [-0.15, -0.1) is 0 Å². The Bertz CT molecular complexity index is 894. The van der Waals surface area contributed by atoms with Crippen molar-refractivity contribution in [2.24, 2.45) is 0 Å². The zero-order valence-corrected chi connectivity index (χ0v) is 14.9. The average molecular weight is 386 g/mol. The molecule has 25 heavy (non-hydrogen) atoms. The van der Waals surface area contributed by atoms with Crippen LogP contribution in [0.5, 0.6) is 0 Å². The average Bonchev–Trinajstić information content (AvgIpc) is 2.98. The second kappa shape index (κ2) is 7.68. The summed E-state index contributed by atoms with van der Waals surface area (Å²) in [6.45, 7) is 2.94. The quantitative estimate of drug-likeness (QED) is 0.672. The summed E-state index contributed by atoms with van der Waals surface area (Å²) in [7, 11) is -3.94. The fraction of sp³-hybridized carbons (Fsp3) is 0.200. The molecule has 2 amide bonds. The Balaban J connectivity index is 1.96. The number of aryl methyl sites for hydroxylation is 1. The lowest BCUT2D eigenvalue weighted by Gasteiger charge is -2.15. The molecule has 10 heteroatoms. The number of rotatable bonds is 5. The number of carbonyl (C=O) groups is 2. The number of hydrazine groups is 1. The Kier molecular flexibility index (Phi) is 5.83. The van der Waals surface area contributed by atoms with E-state index in [9.17, 15) is 18.0 Å². The first-order chi connectivity index (χ1) is 11.7. The maximum atomic E-state index is 12.2. The van der Waals surface area contributed by atoms with Crippen LogP contribution in [0.15, 0.2) is 45.9 Å². The van der Waals surface area contributed by atoms with Crippen LogP contribution in [0.25, 0.3) is 0 Å². The van der Waals surface area contributed by atoms with Crippen LogP contribution in [0, 0.1) is 6.92 Å². The van der Waals surface area contributed by atoms with Crippen molar-refractivity contribution in [1.82, 2.24) is 15.6 Å². The predicted octanol–water partition coefficient (Wildman–Crippen LogP) is 1.37. The van der Waals surface area contributed by atoms with Crippen LogP contribution in [0.3, 0.4) is 0 Å². The van der Waals surface area contributed by atoms with Gasteiger partial charge in [0, 0.05) is 5.02 Å². The standard InChI is InChI=1S/C15H16ClN3O5S/c1-9(19-25(22,23)12-5-3-4-11(16)8-12)14(20)17-18-15(21)13-6-7-24-10(13)2/h3-9,19H,1-2H3,(H,17,20)(H,18,21). The molecule has 0 fully saturated rings. The molecular formula is C15H16ClN3O5S. The van der Waals surface area contributed by atoms with Gasteiger partial charge in [0.15, 0.2) is 0 Å². The van der Waals surface area contributed by atoms with Gasteiger partial charge in [-0.25, -0.2) is 8.42 Å². The topological polar surface area (TPSA) is 118 Å². The van der Waals surface area contributed by atoms with Gasteiger partial charge in [0.05, 0.1) is 22.8 Å². The summed E-state index contributed by atoms with van der Waals surface area (Å²) in [5, 5.41) is 0.253. The molecule has 8 nitrogen and oxygen atoms in total. The summed E-state index contributed by atoms with van der Waals surface area (Å²) >= 11 is 5.77. The van der Waals surface area contributed by atoms with E-state index >= 15 is 0 Å². The molecule has 0 aliphatic heterocycles. The van der Waals surface area contributed by atoms with Crippen molar-refractivity contribution >= 4 is 33.4 Å². The van der Waals surface area contributed by atoms with Gasteiger partial charge in [0.2, 0.25) is 10.0 Å². The van der Waals surface area contributed by atoms with E-state index in [2.05, 4.69) is 15.6 Å². The van der Waals surface area contributed by atoms with Gasteiger partial charge in [-0.3, -0.25) is 20.4 Å². The number of hydrogen-bond donors (Lipinski definition) is 3. The van der Waals surface area contributed by atoms with Crippen molar-refractivity contribution < 1.29 is 22.4 Å². The van der Waals surface area contributed by atoms with Gasteiger partial charge in [-0.05, 0) is 38.1 Å². The van der Waals surface area contributed by atoms with Crippen LogP contribution in [0.4, 0.5) is 0 Å². The molecule has 1 atom stereocenters. The Morgan fingerprint density at radius 2 is 1.92 bits per heavy atom. The van der Waals surface area contributed by atoms with Gasteiger partial charge in [0.25, 0.3) is 11.8 Å². The maximum Gasteiger partial charge on any atom is 0.273 e. The van der Waals surface area contributed by atoms with E-state index in [1.165, 1.54) is 43.5 Å². The Labute approximate surface area is 149 Å². The third-order valence-electron chi connectivity index (χ3n) is 3.23. The number of nitrogens with one attached hydrogen (secondary N) is 3. The van der Waals surface area contributed by atoms with Crippen LogP contribution >= 0.6 is 11.6 Å². The largest absolute Gasteiger partial charge is 0.469 e. The van der Waals surface area contributed by atoms with E-state index in [0.717, 1.165) is 0 Å².